The fourth-order valence-corrected chi connectivity index (χ4v) is 2.46. The molecule has 0 spiro atoms. The number of halogens is 4. The topological polar surface area (TPSA) is 16.1 Å². The number of pyridine rings is 1. The Labute approximate surface area is 132 Å². The van der Waals surface area contributed by atoms with E-state index in [1.807, 2.05) is 42.3 Å². The van der Waals surface area contributed by atoms with Gasteiger partial charge in [0.05, 0.1) is 5.38 Å². The third kappa shape index (κ3) is 4.71. The van der Waals surface area contributed by atoms with Gasteiger partial charge < -0.3 is 4.90 Å². The van der Waals surface area contributed by atoms with Gasteiger partial charge in [-0.05, 0) is 24.2 Å². The first-order chi connectivity index (χ1) is 10.4. The molecule has 2 nitrogen and oxygen atoms in total. The second-order valence-electron chi connectivity index (χ2n) is 5.12. The Morgan fingerprint density at radius 1 is 1.14 bits per heavy atom. The predicted molar refractivity (Wildman–Crippen MR) is 80.6 cm³/mol. The molecule has 0 N–H and O–H groups in total. The first-order valence-electron chi connectivity index (χ1n) is 6.76. The summed E-state index contributed by atoms with van der Waals surface area (Å²) in [7, 11) is 1.92. The molecule has 6 heteroatoms. The standard InChI is InChI=1S/C16H16ClF3N2/c1-22(10-12-5-3-2-4-6-12)11-14(17)13-7-8-15(21-9-13)16(18,19)20/h2-9,14H,10-11H2,1H3/t14-/m1/s1. The van der Waals surface area contributed by atoms with E-state index in [9.17, 15) is 13.2 Å². The van der Waals surface area contributed by atoms with Crippen LogP contribution in [0.3, 0.4) is 0 Å². The Kier molecular flexibility index (Phi) is 5.42. The molecule has 0 amide bonds. The SMILES string of the molecule is CN(Cc1ccccc1)C[C@@H](Cl)c1ccc(C(F)(F)F)nc1. The van der Waals surface area contributed by atoms with Crippen molar-refractivity contribution in [1.82, 2.24) is 9.88 Å². The van der Waals surface area contributed by atoms with E-state index in [-0.39, 0.29) is 0 Å². The van der Waals surface area contributed by atoms with Gasteiger partial charge in [-0.2, -0.15) is 13.2 Å². The highest BCUT2D eigenvalue weighted by Gasteiger charge is 2.32. The largest absolute Gasteiger partial charge is 0.433 e. The highest BCUT2D eigenvalue weighted by Crippen LogP contribution is 2.29. The highest BCUT2D eigenvalue weighted by atomic mass is 35.5. The first-order valence-corrected chi connectivity index (χ1v) is 7.19. The molecule has 1 aromatic carbocycles. The smallest absolute Gasteiger partial charge is 0.300 e. The van der Waals surface area contributed by atoms with Gasteiger partial charge in [0.25, 0.3) is 0 Å². The van der Waals surface area contributed by atoms with Crippen LogP contribution in [-0.2, 0) is 12.7 Å². The fourth-order valence-electron chi connectivity index (χ4n) is 2.10. The van der Waals surface area contributed by atoms with E-state index < -0.39 is 17.2 Å². The van der Waals surface area contributed by atoms with Crippen LogP contribution < -0.4 is 0 Å². The van der Waals surface area contributed by atoms with E-state index in [4.69, 9.17) is 11.6 Å². The molecule has 0 saturated heterocycles. The number of alkyl halides is 4. The van der Waals surface area contributed by atoms with Crippen molar-refractivity contribution in [3.63, 3.8) is 0 Å². The number of hydrogen-bond donors (Lipinski definition) is 0. The minimum Gasteiger partial charge on any atom is -0.300 e. The van der Waals surface area contributed by atoms with Crippen LogP contribution in [0.25, 0.3) is 0 Å². The predicted octanol–water partition coefficient (Wildman–Crippen LogP) is 4.51. The summed E-state index contributed by atoms with van der Waals surface area (Å²) in [5, 5.41) is -0.413. The molecule has 0 aliphatic rings. The zero-order chi connectivity index (χ0) is 16.2. The molecule has 1 atom stereocenters. The number of hydrogen-bond acceptors (Lipinski definition) is 2. The fraction of sp³-hybridized carbons (Fsp3) is 0.312. The molecule has 0 aliphatic carbocycles. The Bertz CT molecular complexity index is 585. The van der Waals surface area contributed by atoms with Crippen LogP contribution in [0.1, 0.15) is 22.2 Å². The summed E-state index contributed by atoms with van der Waals surface area (Å²) in [5.74, 6) is 0. The Morgan fingerprint density at radius 3 is 2.36 bits per heavy atom. The number of likely N-dealkylation sites (N-methyl/N-ethyl adjacent to an activating group) is 1. The molecule has 1 aromatic heterocycles. The maximum atomic E-state index is 12.5. The van der Waals surface area contributed by atoms with Gasteiger partial charge in [0.2, 0.25) is 0 Å². The lowest BCUT2D eigenvalue weighted by atomic mass is 10.1. The summed E-state index contributed by atoms with van der Waals surface area (Å²) < 4.78 is 37.4. The van der Waals surface area contributed by atoms with Gasteiger partial charge in [-0.1, -0.05) is 36.4 Å². The summed E-state index contributed by atoms with van der Waals surface area (Å²) in [4.78, 5) is 5.45. The van der Waals surface area contributed by atoms with E-state index in [1.54, 1.807) is 0 Å². The van der Waals surface area contributed by atoms with Crippen LogP contribution in [0.5, 0.6) is 0 Å². The number of aromatic nitrogens is 1. The average molecular weight is 329 g/mol. The van der Waals surface area contributed by atoms with Crippen molar-refractivity contribution >= 4 is 11.6 Å². The second-order valence-corrected chi connectivity index (χ2v) is 5.65. The Balaban J connectivity index is 1.95. The summed E-state index contributed by atoms with van der Waals surface area (Å²) in [5.41, 5.74) is 0.826. The first kappa shape index (κ1) is 16.8. The molecule has 0 unspecified atom stereocenters. The van der Waals surface area contributed by atoms with Gasteiger partial charge in [0.1, 0.15) is 5.69 Å². The zero-order valence-corrected chi connectivity index (χ0v) is 12.8. The van der Waals surface area contributed by atoms with Crippen molar-refractivity contribution in [2.24, 2.45) is 0 Å². The van der Waals surface area contributed by atoms with Gasteiger partial charge in [-0.25, -0.2) is 0 Å². The lowest BCUT2D eigenvalue weighted by Gasteiger charge is -2.20. The second kappa shape index (κ2) is 7.11. The Hall–Kier alpha value is -1.59. The van der Waals surface area contributed by atoms with Crippen molar-refractivity contribution in [3.8, 4) is 0 Å². The van der Waals surface area contributed by atoms with Crippen LogP contribution in [0, 0.1) is 0 Å². The molecule has 0 saturated carbocycles. The molecule has 0 bridgehead atoms. The maximum Gasteiger partial charge on any atom is 0.433 e. The average Bonchev–Trinajstić information content (AvgIpc) is 2.47. The quantitative estimate of drug-likeness (QED) is 0.751. The molecule has 0 radical (unpaired) electrons. The molecule has 0 fully saturated rings. The van der Waals surface area contributed by atoms with Crippen LogP contribution in [0.15, 0.2) is 48.7 Å². The molecular formula is C16H16ClF3N2. The van der Waals surface area contributed by atoms with E-state index >= 15 is 0 Å². The zero-order valence-electron chi connectivity index (χ0n) is 12.0. The number of benzene rings is 1. The van der Waals surface area contributed by atoms with Gasteiger partial charge in [-0.3, -0.25) is 4.98 Å². The normalized spacial score (nSPS) is 13.4. The van der Waals surface area contributed by atoms with Crippen molar-refractivity contribution in [2.45, 2.75) is 18.1 Å². The number of nitrogens with zero attached hydrogens (tertiary/aromatic N) is 2. The lowest BCUT2D eigenvalue weighted by Crippen LogP contribution is -2.22. The highest BCUT2D eigenvalue weighted by molar-refractivity contribution is 6.20. The van der Waals surface area contributed by atoms with Crippen molar-refractivity contribution < 1.29 is 13.2 Å². The third-order valence-corrected chi connectivity index (χ3v) is 3.60. The summed E-state index contributed by atoms with van der Waals surface area (Å²) in [6, 6.07) is 12.2. The molecule has 22 heavy (non-hydrogen) atoms. The number of rotatable bonds is 5. The van der Waals surface area contributed by atoms with Crippen molar-refractivity contribution in [2.75, 3.05) is 13.6 Å². The maximum absolute atomic E-state index is 12.5. The van der Waals surface area contributed by atoms with Gasteiger partial charge in [-0.15, -0.1) is 11.6 Å². The van der Waals surface area contributed by atoms with Crippen LogP contribution >= 0.6 is 11.6 Å². The minimum absolute atomic E-state index is 0.413. The molecule has 0 aliphatic heterocycles. The summed E-state index contributed by atoms with van der Waals surface area (Å²) >= 11 is 6.27. The van der Waals surface area contributed by atoms with E-state index in [2.05, 4.69) is 4.98 Å². The molecule has 2 aromatic rings. The minimum atomic E-state index is -4.43. The summed E-state index contributed by atoms with van der Waals surface area (Å²) in [6.07, 6.45) is -3.23. The van der Waals surface area contributed by atoms with E-state index in [0.29, 0.717) is 12.1 Å². The lowest BCUT2D eigenvalue weighted by molar-refractivity contribution is -0.141. The Morgan fingerprint density at radius 2 is 1.82 bits per heavy atom. The molecule has 118 valence electrons. The van der Waals surface area contributed by atoms with Crippen LogP contribution in [0.4, 0.5) is 13.2 Å². The van der Waals surface area contributed by atoms with Crippen LogP contribution in [-0.4, -0.2) is 23.5 Å². The van der Waals surface area contributed by atoms with Gasteiger partial charge >= 0.3 is 6.18 Å². The van der Waals surface area contributed by atoms with Crippen molar-refractivity contribution in [3.05, 3.63) is 65.5 Å². The van der Waals surface area contributed by atoms with E-state index in [0.717, 1.165) is 18.2 Å². The summed E-state index contributed by atoms with van der Waals surface area (Å²) in [6.45, 7) is 1.24. The van der Waals surface area contributed by atoms with Gasteiger partial charge in [0, 0.05) is 19.3 Å². The monoisotopic (exact) mass is 328 g/mol. The molecule has 2 rings (SSSR count). The molecular weight excluding hydrogens is 313 g/mol. The van der Waals surface area contributed by atoms with E-state index in [1.165, 1.54) is 12.3 Å². The molecule has 1 heterocycles. The van der Waals surface area contributed by atoms with Crippen molar-refractivity contribution in [1.29, 1.82) is 0 Å². The van der Waals surface area contributed by atoms with Crippen LogP contribution in [0.2, 0.25) is 0 Å². The third-order valence-electron chi connectivity index (χ3n) is 3.21. The van der Waals surface area contributed by atoms with Gasteiger partial charge in [0.15, 0.2) is 0 Å².